The fraction of sp³-hybridized carbons (Fsp3) is 0. The van der Waals surface area contributed by atoms with Crippen LogP contribution in [0.3, 0.4) is 0 Å². The number of phosphoric acid groups is 1. The Morgan fingerprint density at radius 2 is 1.22 bits per heavy atom. The summed E-state index contributed by atoms with van der Waals surface area (Å²) in [5.74, 6) is 0. The summed E-state index contributed by atoms with van der Waals surface area (Å²) in [4.78, 5) is 27.1. The quantitative estimate of drug-likeness (QED) is 0.144. The van der Waals surface area contributed by atoms with Crippen molar-refractivity contribution in [3.8, 4) is 0 Å². The first kappa shape index (κ1) is 16.0. The second-order valence-corrected chi connectivity index (χ2v) is 1.43. The van der Waals surface area contributed by atoms with Crippen molar-refractivity contribution in [2.24, 2.45) is 0 Å². The standard InChI is InChI=1S/Mn.N3.H3O4P/c;1-3-2;1-5(2,3)4/h;;(H3,1,2,3,4)/q+4;-1;/p-3. The van der Waals surface area contributed by atoms with Crippen LogP contribution in [-0.2, 0) is 21.6 Å². The summed E-state index contributed by atoms with van der Waals surface area (Å²) < 4.78 is 8.55. The van der Waals surface area contributed by atoms with Gasteiger partial charge in [0.05, 0.1) is 0 Å². The Kier molecular flexibility index (Phi) is 14.1. The van der Waals surface area contributed by atoms with Crippen molar-refractivity contribution in [3.63, 3.8) is 0 Å². The third-order valence-electron chi connectivity index (χ3n) is 0. The maximum Gasteiger partial charge on any atom is 4.00 e. The first-order chi connectivity index (χ1) is 3.41. The Labute approximate surface area is 60.8 Å². The Balaban J connectivity index is -0.0000000800. The third kappa shape index (κ3) is 76500. The predicted octanol–water partition coefficient (Wildman–Crippen LogP) is -1.96. The summed E-state index contributed by atoms with van der Waals surface area (Å²) >= 11 is 0. The molecular formula is MnN3O4P. The zero-order chi connectivity index (χ0) is 7.21. The molecule has 0 heterocycles. The first-order valence-electron chi connectivity index (χ1n) is 1.13. The van der Waals surface area contributed by atoms with Gasteiger partial charge in [-0.15, -0.1) is 0 Å². The molecule has 0 saturated heterocycles. The van der Waals surface area contributed by atoms with Crippen LogP contribution in [0.15, 0.2) is 0 Å². The van der Waals surface area contributed by atoms with E-state index < -0.39 is 7.82 Å². The first-order valence-corrected chi connectivity index (χ1v) is 2.59. The normalized spacial score (nSPS) is 7.44. The molecule has 0 saturated carbocycles. The van der Waals surface area contributed by atoms with Gasteiger partial charge in [0.1, 0.15) is 0 Å². The average Bonchev–Trinajstić information content (AvgIpc) is 1.27. The molecule has 0 fully saturated rings. The Morgan fingerprint density at radius 3 is 1.22 bits per heavy atom. The van der Waals surface area contributed by atoms with Crippen molar-refractivity contribution in [3.05, 3.63) is 16.0 Å². The number of hydrogen-bond donors (Lipinski definition) is 0. The number of hydrogen-bond acceptors (Lipinski definition) is 4. The van der Waals surface area contributed by atoms with Gasteiger partial charge in [-0.3, -0.25) is 4.91 Å². The van der Waals surface area contributed by atoms with Crippen molar-refractivity contribution < 1.29 is 36.3 Å². The van der Waals surface area contributed by atoms with Crippen LogP contribution in [0.2, 0.25) is 0 Å². The molecule has 0 atom stereocenters. The predicted molar refractivity (Wildman–Crippen MR) is 17.7 cm³/mol. The van der Waals surface area contributed by atoms with Gasteiger partial charge in [0.25, 0.3) is 0 Å². The van der Waals surface area contributed by atoms with Gasteiger partial charge in [-0.2, -0.15) is 7.82 Å². The molecule has 0 aromatic rings. The van der Waals surface area contributed by atoms with Crippen molar-refractivity contribution in [1.29, 1.82) is 0 Å². The molecular weight excluding hydrogens is 192 g/mol. The van der Waals surface area contributed by atoms with Crippen molar-refractivity contribution >= 4 is 7.82 Å². The smallest absolute Gasteiger partial charge is 0.822 e. The maximum atomic E-state index is 8.55. The van der Waals surface area contributed by atoms with E-state index in [1.807, 2.05) is 0 Å². The molecule has 51 valence electrons. The molecule has 0 aromatic carbocycles. The summed E-state index contributed by atoms with van der Waals surface area (Å²) in [5.41, 5.74) is 13.5. The maximum absolute atomic E-state index is 8.55. The van der Waals surface area contributed by atoms with Crippen LogP contribution >= 0.6 is 7.82 Å². The minimum Gasteiger partial charge on any atom is -0.822 e. The Morgan fingerprint density at radius 1 is 1.22 bits per heavy atom. The third-order valence-corrected chi connectivity index (χ3v) is 0. The molecule has 0 aromatic heterocycles. The van der Waals surface area contributed by atoms with Gasteiger partial charge in [-0.25, -0.2) is 0 Å². The fourth-order valence-corrected chi connectivity index (χ4v) is 0. The van der Waals surface area contributed by atoms with Gasteiger partial charge < -0.3 is 30.3 Å². The van der Waals surface area contributed by atoms with Gasteiger partial charge in [0.15, 0.2) is 0 Å². The van der Waals surface area contributed by atoms with Crippen LogP contribution in [0.25, 0.3) is 16.0 Å². The van der Waals surface area contributed by atoms with E-state index in [1.54, 1.807) is 0 Å². The molecule has 7 nitrogen and oxygen atoms in total. The van der Waals surface area contributed by atoms with E-state index in [1.165, 1.54) is 4.91 Å². The SMILES string of the molecule is O=P([O-])([O-])[O-].[Mn+4].[N-]=[N+]=[N-]. The fourth-order valence-electron chi connectivity index (χ4n) is 0. The molecule has 0 aliphatic rings. The minimum atomic E-state index is -5.39. The van der Waals surface area contributed by atoms with Crippen LogP contribution in [0.4, 0.5) is 0 Å². The van der Waals surface area contributed by atoms with Gasteiger partial charge in [0, 0.05) is 0 Å². The van der Waals surface area contributed by atoms with Crippen molar-refractivity contribution in [1.82, 2.24) is 0 Å². The monoisotopic (exact) mass is 192 g/mol. The second kappa shape index (κ2) is 7.94. The number of rotatable bonds is 0. The average molecular weight is 192 g/mol. The van der Waals surface area contributed by atoms with E-state index in [-0.39, 0.29) is 17.1 Å². The molecule has 0 rings (SSSR count). The molecule has 0 amide bonds. The molecule has 1 radical (unpaired) electrons. The molecule has 0 spiro atoms. The molecule has 0 bridgehead atoms. The van der Waals surface area contributed by atoms with Crippen LogP contribution in [0, 0.1) is 0 Å². The molecule has 9 heteroatoms. The zero-order valence-corrected chi connectivity index (χ0v) is 5.87. The minimum absolute atomic E-state index is 0. The van der Waals surface area contributed by atoms with E-state index in [9.17, 15) is 0 Å². The van der Waals surface area contributed by atoms with Crippen LogP contribution < -0.4 is 14.7 Å². The zero-order valence-electron chi connectivity index (χ0n) is 3.80. The molecule has 0 N–H and O–H groups in total. The topological polar surface area (TPSA) is 145 Å². The van der Waals surface area contributed by atoms with Crippen LogP contribution in [-0.4, -0.2) is 0 Å². The summed E-state index contributed by atoms with van der Waals surface area (Å²) in [6.07, 6.45) is 0. The molecule has 0 aliphatic heterocycles. The molecule has 0 unspecified atom stereocenters. The molecule has 9 heavy (non-hydrogen) atoms. The van der Waals surface area contributed by atoms with E-state index in [4.69, 9.17) is 30.3 Å². The van der Waals surface area contributed by atoms with E-state index in [2.05, 4.69) is 0 Å². The second-order valence-electron chi connectivity index (χ2n) is 0.537. The van der Waals surface area contributed by atoms with E-state index >= 15 is 0 Å². The molecule has 0 aliphatic carbocycles. The Hall–Kier alpha value is -0.0605. The summed E-state index contributed by atoms with van der Waals surface area (Å²) in [6, 6.07) is 0. The van der Waals surface area contributed by atoms with Gasteiger partial charge in [0.2, 0.25) is 0 Å². The van der Waals surface area contributed by atoms with Crippen molar-refractivity contribution in [2.75, 3.05) is 0 Å². The summed E-state index contributed by atoms with van der Waals surface area (Å²) in [5, 5.41) is 0. The summed E-state index contributed by atoms with van der Waals surface area (Å²) in [7, 11) is -5.39. The van der Waals surface area contributed by atoms with Gasteiger partial charge in [-0.1, -0.05) is 0 Å². The largest absolute Gasteiger partial charge is 4.00 e. The van der Waals surface area contributed by atoms with Crippen LogP contribution in [0.1, 0.15) is 0 Å². The Bertz CT molecular complexity index is 114. The van der Waals surface area contributed by atoms with E-state index in [0.717, 1.165) is 0 Å². The van der Waals surface area contributed by atoms with Crippen LogP contribution in [0.5, 0.6) is 0 Å². The van der Waals surface area contributed by atoms with Gasteiger partial charge in [-0.05, 0) is 0 Å². The van der Waals surface area contributed by atoms with E-state index in [0.29, 0.717) is 0 Å². The van der Waals surface area contributed by atoms with Crippen molar-refractivity contribution in [2.45, 2.75) is 0 Å². The van der Waals surface area contributed by atoms with Gasteiger partial charge >= 0.3 is 17.1 Å². The number of nitrogens with zero attached hydrogens (tertiary/aromatic N) is 3. The summed E-state index contributed by atoms with van der Waals surface area (Å²) in [6.45, 7) is 0.